The number of hydrogen-bond donors (Lipinski definition) is 1. The van der Waals surface area contributed by atoms with E-state index in [0.29, 0.717) is 22.9 Å². The first-order chi connectivity index (χ1) is 3.00. The molecule has 1 heterocycles. The van der Waals surface area contributed by atoms with Crippen LogP contribution in [-0.2, 0) is 9.14 Å². The minimum atomic E-state index is 0.438. The molecule has 30 valence electrons. The Kier molecular flexibility index (Phi) is 1.61. The van der Waals surface area contributed by atoms with E-state index in [0.717, 1.165) is 0 Å². The molecular weight excluding hydrogens is 78.4 g/mol. The van der Waals surface area contributed by atoms with Crippen molar-refractivity contribution in [2.24, 2.45) is 0 Å². The lowest BCUT2D eigenvalue weighted by Crippen LogP contribution is -2.36. The van der Waals surface area contributed by atoms with Crippen molar-refractivity contribution in [1.82, 2.24) is 5.14 Å². The summed E-state index contributed by atoms with van der Waals surface area (Å²) in [7, 11) is 1.69. The second-order valence-electron chi connectivity index (χ2n) is 1.06. The van der Waals surface area contributed by atoms with Gasteiger partial charge in [0.25, 0.3) is 0 Å². The van der Waals surface area contributed by atoms with Crippen LogP contribution < -0.4 is 5.14 Å². The lowest BCUT2D eigenvalue weighted by Gasteiger charge is -2.07. The van der Waals surface area contributed by atoms with E-state index < -0.39 is 0 Å². The molecule has 6 heavy (non-hydrogen) atoms. The Labute approximate surface area is 38.3 Å². The van der Waals surface area contributed by atoms with Gasteiger partial charge in [-0.3, -0.25) is 0 Å². The van der Waals surface area contributed by atoms with Gasteiger partial charge in [-0.1, -0.05) is 0 Å². The Hall–Kier alpha value is 0.0748. The summed E-state index contributed by atoms with van der Waals surface area (Å²) in [5, 5.41) is 2.84. The molecule has 0 atom stereocenters. The minimum Gasteiger partial charge on any atom is -0.469 e. The van der Waals surface area contributed by atoms with Gasteiger partial charge in [0.1, 0.15) is 0 Å². The lowest BCUT2D eigenvalue weighted by molar-refractivity contribution is 0.465. The zero-order chi connectivity index (χ0) is 4.24. The van der Waals surface area contributed by atoms with E-state index in [1.807, 2.05) is 0 Å². The van der Waals surface area contributed by atoms with E-state index in [1.54, 1.807) is 0 Å². The molecular formula is H4B3NO2. The van der Waals surface area contributed by atoms with Gasteiger partial charge in [0, 0.05) is 0 Å². The molecule has 0 radical (unpaired) electrons. The molecule has 1 saturated heterocycles. The molecule has 1 rings (SSSR count). The Bertz CT molecular complexity index is 24.3. The molecule has 6 heteroatoms. The van der Waals surface area contributed by atoms with Gasteiger partial charge in [-0.15, -0.1) is 0 Å². The number of rotatable bonds is 0. The monoisotopic (exact) mass is 83.1 g/mol. The molecule has 0 unspecified atom stereocenters. The highest BCUT2D eigenvalue weighted by Gasteiger charge is 2.01. The van der Waals surface area contributed by atoms with Crippen LogP contribution in [-0.4, -0.2) is 22.9 Å². The van der Waals surface area contributed by atoms with E-state index >= 15 is 0 Å². The van der Waals surface area contributed by atoms with Gasteiger partial charge in [0.15, 0.2) is 0 Å². The van der Waals surface area contributed by atoms with Gasteiger partial charge in [0.05, 0.1) is 0 Å². The molecule has 0 aromatic rings. The summed E-state index contributed by atoms with van der Waals surface area (Å²) in [4.78, 5) is 0. The normalized spacial score (nSPS) is 20.0. The summed E-state index contributed by atoms with van der Waals surface area (Å²) in [5.41, 5.74) is 0. The van der Waals surface area contributed by atoms with E-state index in [4.69, 9.17) is 9.14 Å². The van der Waals surface area contributed by atoms with Gasteiger partial charge < -0.3 is 14.3 Å². The summed E-state index contributed by atoms with van der Waals surface area (Å²) in [6.07, 6.45) is 0. The highest BCUT2D eigenvalue weighted by atomic mass is 16.6. The van der Waals surface area contributed by atoms with Crippen molar-refractivity contribution >= 4 is 22.9 Å². The Balaban J connectivity index is 2.00. The first-order valence-electron chi connectivity index (χ1n) is 1.86. The first-order valence-corrected chi connectivity index (χ1v) is 1.86. The third kappa shape index (κ3) is 1.04. The molecule has 0 spiro atoms. The van der Waals surface area contributed by atoms with Crippen LogP contribution in [0.5, 0.6) is 0 Å². The fourth-order valence-corrected chi connectivity index (χ4v) is 0.328. The van der Waals surface area contributed by atoms with Crippen molar-refractivity contribution in [2.45, 2.75) is 0 Å². The van der Waals surface area contributed by atoms with Crippen LogP contribution in [0, 0.1) is 0 Å². The average Bonchev–Trinajstić information content (AvgIpc) is 1.72. The van der Waals surface area contributed by atoms with Crippen LogP contribution in [0.15, 0.2) is 0 Å². The highest BCUT2D eigenvalue weighted by Crippen LogP contribution is 1.70. The zero-order valence-corrected chi connectivity index (χ0v) is 3.44. The fraction of sp³-hybridized carbons (Fsp3) is 0. The average molecular weight is 82.5 g/mol. The molecule has 1 aliphatic heterocycles. The van der Waals surface area contributed by atoms with E-state index in [2.05, 4.69) is 5.14 Å². The fourth-order valence-electron chi connectivity index (χ4n) is 0.328. The lowest BCUT2D eigenvalue weighted by atomic mass is 10.0. The van der Waals surface area contributed by atoms with Crippen LogP contribution in [0.3, 0.4) is 0 Å². The third-order valence-corrected chi connectivity index (χ3v) is 0.575. The molecule has 0 saturated carbocycles. The van der Waals surface area contributed by atoms with Crippen molar-refractivity contribution < 1.29 is 9.14 Å². The van der Waals surface area contributed by atoms with Crippen LogP contribution in [0.25, 0.3) is 0 Å². The molecule has 3 nitrogen and oxygen atoms in total. The molecule has 1 fully saturated rings. The predicted octanol–water partition coefficient (Wildman–Crippen LogP) is -2.58. The molecule has 0 bridgehead atoms. The van der Waals surface area contributed by atoms with E-state index in [9.17, 15) is 0 Å². The summed E-state index contributed by atoms with van der Waals surface area (Å²) < 4.78 is 9.47. The van der Waals surface area contributed by atoms with Crippen LogP contribution in [0.2, 0.25) is 0 Å². The second-order valence-corrected chi connectivity index (χ2v) is 1.06. The highest BCUT2D eigenvalue weighted by molar-refractivity contribution is 6.55. The summed E-state index contributed by atoms with van der Waals surface area (Å²) >= 11 is 0. The molecule has 0 aromatic carbocycles. The van der Waals surface area contributed by atoms with Crippen LogP contribution in [0.1, 0.15) is 0 Å². The van der Waals surface area contributed by atoms with Crippen molar-refractivity contribution in [1.29, 1.82) is 0 Å². The predicted molar refractivity (Wildman–Crippen MR) is 26.8 cm³/mol. The number of hydrogen-bond acceptors (Lipinski definition) is 3. The molecule has 0 aliphatic carbocycles. The minimum absolute atomic E-state index is 0.438. The zero-order valence-electron chi connectivity index (χ0n) is 3.44. The Morgan fingerprint density at radius 3 is 2.00 bits per heavy atom. The largest absolute Gasteiger partial charge is 0.469 e. The molecule has 0 amide bonds. The summed E-state index contributed by atoms with van der Waals surface area (Å²) in [5.74, 6) is 0. The Morgan fingerprint density at radius 1 is 1.17 bits per heavy atom. The molecule has 1 N–H and O–H groups in total. The van der Waals surface area contributed by atoms with Crippen molar-refractivity contribution in [3.63, 3.8) is 0 Å². The molecule has 1 aliphatic rings. The summed E-state index contributed by atoms with van der Waals surface area (Å²) in [6, 6.07) is 0. The Morgan fingerprint density at radius 2 is 1.83 bits per heavy atom. The standard InChI is InChI=1S/B3H4NO2/c1-4-2-6-3-5-1/h1-4H. The van der Waals surface area contributed by atoms with Crippen molar-refractivity contribution in [3.05, 3.63) is 0 Å². The van der Waals surface area contributed by atoms with E-state index in [1.165, 1.54) is 0 Å². The maximum absolute atomic E-state index is 4.74. The van der Waals surface area contributed by atoms with Gasteiger partial charge in [-0.25, -0.2) is 0 Å². The third-order valence-electron chi connectivity index (χ3n) is 0.575. The van der Waals surface area contributed by atoms with Gasteiger partial charge >= 0.3 is 22.9 Å². The van der Waals surface area contributed by atoms with Crippen molar-refractivity contribution in [3.8, 4) is 0 Å². The quantitative estimate of drug-likeness (QED) is 0.326. The van der Waals surface area contributed by atoms with Crippen LogP contribution >= 0.6 is 0 Å². The van der Waals surface area contributed by atoms with Gasteiger partial charge in [-0.05, 0) is 0 Å². The number of nitrogens with one attached hydrogen (secondary N) is 1. The van der Waals surface area contributed by atoms with Crippen molar-refractivity contribution in [2.75, 3.05) is 0 Å². The van der Waals surface area contributed by atoms with Crippen LogP contribution in [0.4, 0.5) is 0 Å². The topological polar surface area (TPSA) is 30.5 Å². The summed E-state index contributed by atoms with van der Waals surface area (Å²) in [6.45, 7) is 0. The SMILES string of the molecule is B1NBOBO1. The molecule has 0 aromatic heterocycles. The second kappa shape index (κ2) is 2.28. The smallest absolute Gasteiger partial charge is 0.408 e. The maximum atomic E-state index is 4.74. The van der Waals surface area contributed by atoms with E-state index in [-0.39, 0.29) is 0 Å². The van der Waals surface area contributed by atoms with Gasteiger partial charge in [0.2, 0.25) is 0 Å². The van der Waals surface area contributed by atoms with Gasteiger partial charge in [-0.2, -0.15) is 0 Å². The maximum Gasteiger partial charge on any atom is 0.408 e. The first kappa shape index (κ1) is 4.24.